The summed E-state index contributed by atoms with van der Waals surface area (Å²) in [6.07, 6.45) is 4.79. The summed E-state index contributed by atoms with van der Waals surface area (Å²) in [4.78, 5) is 8.22. The standard InChI is InChI=1S/C13H23N3OS/c1-3-14-13-15-9-12(18-13)10-16-7-5-11(6-8-16)17-4-2/h9,11H,3-8,10H2,1-2H3,(H,14,15). The van der Waals surface area contributed by atoms with E-state index >= 15 is 0 Å². The van der Waals surface area contributed by atoms with Crippen molar-refractivity contribution in [2.75, 3.05) is 31.6 Å². The maximum Gasteiger partial charge on any atom is 0.182 e. The lowest BCUT2D eigenvalue weighted by molar-refractivity contribution is 0.0127. The van der Waals surface area contributed by atoms with Gasteiger partial charge in [0.25, 0.3) is 0 Å². The van der Waals surface area contributed by atoms with E-state index in [4.69, 9.17) is 4.74 Å². The van der Waals surface area contributed by atoms with Crippen LogP contribution in [0, 0.1) is 0 Å². The van der Waals surface area contributed by atoms with Crippen molar-refractivity contribution in [2.24, 2.45) is 0 Å². The molecule has 0 saturated carbocycles. The maximum atomic E-state index is 5.67. The number of aromatic nitrogens is 1. The number of nitrogens with one attached hydrogen (secondary N) is 1. The molecule has 1 aromatic heterocycles. The fourth-order valence-electron chi connectivity index (χ4n) is 2.30. The molecular weight excluding hydrogens is 246 g/mol. The Bertz CT molecular complexity index is 348. The van der Waals surface area contributed by atoms with Gasteiger partial charge in [0.1, 0.15) is 0 Å². The van der Waals surface area contributed by atoms with Gasteiger partial charge < -0.3 is 10.1 Å². The van der Waals surface area contributed by atoms with Crippen molar-refractivity contribution >= 4 is 16.5 Å². The van der Waals surface area contributed by atoms with Crippen molar-refractivity contribution in [3.63, 3.8) is 0 Å². The van der Waals surface area contributed by atoms with E-state index in [2.05, 4.69) is 29.0 Å². The molecule has 1 fully saturated rings. The normalized spacial score (nSPS) is 18.1. The molecule has 1 N–H and O–H groups in total. The average Bonchev–Trinajstić information content (AvgIpc) is 2.80. The molecule has 5 heteroatoms. The Morgan fingerprint density at radius 2 is 2.22 bits per heavy atom. The van der Waals surface area contributed by atoms with Gasteiger partial charge in [-0.05, 0) is 26.7 Å². The maximum absolute atomic E-state index is 5.67. The molecule has 0 spiro atoms. The number of hydrogen-bond donors (Lipinski definition) is 1. The van der Waals surface area contributed by atoms with E-state index in [0.29, 0.717) is 6.10 Å². The van der Waals surface area contributed by atoms with Crippen molar-refractivity contribution in [1.29, 1.82) is 0 Å². The summed E-state index contributed by atoms with van der Waals surface area (Å²) >= 11 is 1.77. The monoisotopic (exact) mass is 269 g/mol. The molecule has 1 saturated heterocycles. The first-order valence-electron chi connectivity index (χ1n) is 6.84. The number of likely N-dealkylation sites (tertiary alicyclic amines) is 1. The van der Waals surface area contributed by atoms with Gasteiger partial charge in [-0.25, -0.2) is 4.98 Å². The van der Waals surface area contributed by atoms with Crippen molar-refractivity contribution in [2.45, 2.75) is 39.3 Å². The van der Waals surface area contributed by atoms with Crippen LogP contribution in [0.25, 0.3) is 0 Å². The molecule has 1 aromatic rings. The largest absolute Gasteiger partial charge is 0.378 e. The van der Waals surface area contributed by atoms with Gasteiger partial charge in [0.2, 0.25) is 0 Å². The highest BCUT2D eigenvalue weighted by Gasteiger charge is 2.19. The molecule has 0 amide bonds. The molecule has 102 valence electrons. The molecule has 2 rings (SSSR count). The number of anilines is 1. The summed E-state index contributed by atoms with van der Waals surface area (Å²) in [5.41, 5.74) is 0. The number of ether oxygens (including phenoxy) is 1. The molecule has 0 aromatic carbocycles. The first kappa shape index (κ1) is 13.8. The van der Waals surface area contributed by atoms with Gasteiger partial charge in [-0.3, -0.25) is 4.90 Å². The van der Waals surface area contributed by atoms with Crippen molar-refractivity contribution in [1.82, 2.24) is 9.88 Å². The van der Waals surface area contributed by atoms with Gasteiger partial charge in [0, 0.05) is 43.9 Å². The smallest absolute Gasteiger partial charge is 0.182 e. The molecule has 0 unspecified atom stereocenters. The lowest BCUT2D eigenvalue weighted by Gasteiger charge is -2.31. The molecule has 4 nitrogen and oxygen atoms in total. The Kier molecular flexibility index (Phi) is 5.41. The molecule has 0 bridgehead atoms. The molecule has 0 radical (unpaired) electrons. The number of rotatable bonds is 6. The van der Waals surface area contributed by atoms with Crippen LogP contribution >= 0.6 is 11.3 Å². The van der Waals surface area contributed by atoms with Crippen LogP contribution in [0.2, 0.25) is 0 Å². The van der Waals surface area contributed by atoms with E-state index in [9.17, 15) is 0 Å². The van der Waals surface area contributed by atoms with Gasteiger partial charge in [-0.15, -0.1) is 11.3 Å². The average molecular weight is 269 g/mol. The van der Waals surface area contributed by atoms with Gasteiger partial charge in [0.05, 0.1) is 6.10 Å². The zero-order chi connectivity index (χ0) is 12.8. The minimum Gasteiger partial charge on any atom is -0.378 e. The van der Waals surface area contributed by atoms with Crippen LogP contribution in [0.4, 0.5) is 5.13 Å². The first-order chi connectivity index (χ1) is 8.81. The summed E-state index contributed by atoms with van der Waals surface area (Å²) in [6, 6.07) is 0. The van der Waals surface area contributed by atoms with Gasteiger partial charge in [-0.2, -0.15) is 0 Å². The van der Waals surface area contributed by atoms with E-state index in [1.807, 2.05) is 6.20 Å². The van der Waals surface area contributed by atoms with E-state index < -0.39 is 0 Å². The number of piperidine rings is 1. The van der Waals surface area contributed by atoms with Crippen molar-refractivity contribution in [3.8, 4) is 0 Å². The predicted octanol–water partition coefficient (Wildman–Crippen LogP) is 2.58. The minimum atomic E-state index is 0.477. The van der Waals surface area contributed by atoms with Crippen molar-refractivity contribution in [3.05, 3.63) is 11.1 Å². The highest BCUT2D eigenvalue weighted by molar-refractivity contribution is 7.15. The number of thiazole rings is 1. The quantitative estimate of drug-likeness (QED) is 0.861. The summed E-state index contributed by atoms with van der Waals surface area (Å²) in [5.74, 6) is 0. The van der Waals surface area contributed by atoms with E-state index in [1.54, 1.807) is 11.3 Å². The molecular formula is C13H23N3OS. The molecule has 1 aliphatic heterocycles. The summed E-state index contributed by atoms with van der Waals surface area (Å²) in [6.45, 7) is 9.25. The van der Waals surface area contributed by atoms with Crippen LogP contribution in [-0.4, -0.2) is 42.2 Å². The van der Waals surface area contributed by atoms with Gasteiger partial charge >= 0.3 is 0 Å². The van der Waals surface area contributed by atoms with Gasteiger partial charge in [0.15, 0.2) is 5.13 Å². The Hall–Kier alpha value is -0.650. The highest BCUT2D eigenvalue weighted by atomic mass is 32.1. The lowest BCUT2D eigenvalue weighted by atomic mass is 10.1. The molecule has 1 aliphatic rings. The topological polar surface area (TPSA) is 37.4 Å². The van der Waals surface area contributed by atoms with Crippen LogP contribution in [0.1, 0.15) is 31.6 Å². The zero-order valence-corrected chi connectivity index (χ0v) is 12.1. The Morgan fingerprint density at radius 1 is 1.44 bits per heavy atom. The van der Waals surface area contributed by atoms with Crippen LogP contribution < -0.4 is 5.32 Å². The lowest BCUT2D eigenvalue weighted by Crippen LogP contribution is -2.36. The third-order valence-corrected chi connectivity index (χ3v) is 4.14. The third kappa shape index (κ3) is 3.93. The SMILES string of the molecule is CCNc1ncc(CN2CCC(OCC)CC2)s1. The zero-order valence-electron chi connectivity index (χ0n) is 11.3. The predicted molar refractivity (Wildman–Crippen MR) is 76.2 cm³/mol. The highest BCUT2D eigenvalue weighted by Crippen LogP contribution is 2.22. The Morgan fingerprint density at radius 3 is 2.89 bits per heavy atom. The summed E-state index contributed by atoms with van der Waals surface area (Å²) in [5, 5.41) is 4.30. The second-order valence-electron chi connectivity index (χ2n) is 4.59. The summed E-state index contributed by atoms with van der Waals surface area (Å²) in [7, 11) is 0. The molecule has 0 atom stereocenters. The fourth-order valence-corrected chi connectivity index (χ4v) is 3.23. The molecule has 0 aliphatic carbocycles. The second kappa shape index (κ2) is 7.07. The van der Waals surface area contributed by atoms with Crippen LogP contribution in [0.5, 0.6) is 0 Å². The number of hydrogen-bond acceptors (Lipinski definition) is 5. The van der Waals surface area contributed by atoms with E-state index in [-0.39, 0.29) is 0 Å². The van der Waals surface area contributed by atoms with Crippen LogP contribution in [0.15, 0.2) is 6.20 Å². The first-order valence-corrected chi connectivity index (χ1v) is 7.66. The number of nitrogens with zero attached hydrogens (tertiary/aromatic N) is 2. The van der Waals surface area contributed by atoms with Crippen LogP contribution in [0.3, 0.4) is 0 Å². The Balaban J connectivity index is 1.76. The van der Waals surface area contributed by atoms with E-state index in [0.717, 1.165) is 50.8 Å². The minimum absolute atomic E-state index is 0.477. The molecule has 2 heterocycles. The Labute approximate surface area is 113 Å². The second-order valence-corrected chi connectivity index (χ2v) is 5.71. The fraction of sp³-hybridized carbons (Fsp3) is 0.769. The van der Waals surface area contributed by atoms with Crippen molar-refractivity contribution < 1.29 is 4.74 Å². The van der Waals surface area contributed by atoms with Gasteiger partial charge in [-0.1, -0.05) is 0 Å². The van der Waals surface area contributed by atoms with E-state index in [1.165, 1.54) is 4.88 Å². The molecule has 18 heavy (non-hydrogen) atoms. The van der Waals surface area contributed by atoms with Crippen LogP contribution in [-0.2, 0) is 11.3 Å². The summed E-state index contributed by atoms with van der Waals surface area (Å²) < 4.78 is 5.67. The third-order valence-electron chi connectivity index (χ3n) is 3.20.